The Morgan fingerprint density at radius 3 is 3.10 bits per heavy atom. The second kappa shape index (κ2) is 6.02. The van der Waals surface area contributed by atoms with E-state index in [1.165, 1.54) is 11.3 Å². The number of nitrogens with zero attached hydrogens (tertiary/aromatic N) is 4. The Hall–Kier alpha value is -2.26. The van der Waals surface area contributed by atoms with E-state index in [4.69, 9.17) is 0 Å². The Bertz CT molecular complexity index is 733. The van der Waals surface area contributed by atoms with Crippen molar-refractivity contribution in [2.45, 2.75) is 13.5 Å². The van der Waals surface area contributed by atoms with Gasteiger partial charge in [-0.05, 0) is 18.4 Å². The number of carbonyl (C=O) groups is 1. The van der Waals surface area contributed by atoms with Crippen LogP contribution in [-0.4, -0.2) is 26.0 Å². The number of carbonyl (C=O) groups excluding carboxylic acids is 1. The predicted molar refractivity (Wildman–Crippen MR) is 81.9 cm³/mol. The van der Waals surface area contributed by atoms with Crippen molar-refractivity contribution in [1.82, 2.24) is 25.3 Å². The molecule has 2 N–H and O–H groups in total. The number of thiophene rings is 1. The molecular weight excluding hydrogens is 308 g/mol. The molecule has 0 aliphatic heterocycles. The lowest BCUT2D eigenvalue weighted by Gasteiger charge is -2.02. The van der Waals surface area contributed by atoms with E-state index in [1.807, 2.05) is 23.8 Å². The van der Waals surface area contributed by atoms with Gasteiger partial charge in [-0.3, -0.25) is 5.32 Å². The Kier molecular flexibility index (Phi) is 3.93. The molecule has 0 bridgehead atoms. The number of rotatable bonds is 4. The molecule has 0 aromatic carbocycles. The number of amides is 2. The van der Waals surface area contributed by atoms with Crippen molar-refractivity contribution >= 4 is 33.8 Å². The molecule has 7 nitrogen and oxygen atoms in total. The molecule has 9 heteroatoms. The van der Waals surface area contributed by atoms with Crippen molar-refractivity contribution in [1.29, 1.82) is 0 Å². The third kappa shape index (κ3) is 3.44. The van der Waals surface area contributed by atoms with E-state index in [1.54, 1.807) is 28.4 Å². The minimum atomic E-state index is -0.311. The van der Waals surface area contributed by atoms with Crippen LogP contribution in [0.5, 0.6) is 0 Å². The molecule has 0 radical (unpaired) electrons. The van der Waals surface area contributed by atoms with Crippen LogP contribution in [0.15, 0.2) is 29.2 Å². The summed E-state index contributed by atoms with van der Waals surface area (Å²) in [5, 5.41) is 17.9. The topological polar surface area (TPSA) is 84.7 Å². The van der Waals surface area contributed by atoms with Crippen LogP contribution < -0.4 is 10.6 Å². The van der Waals surface area contributed by atoms with Gasteiger partial charge in [-0.15, -0.1) is 16.4 Å². The zero-order chi connectivity index (χ0) is 14.7. The van der Waals surface area contributed by atoms with Gasteiger partial charge in [-0.1, -0.05) is 5.21 Å². The van der Waals surface area contributed by atoms with Crippen LogP contribution in [0.25, 0.3) is 5.69 Å². The van der Waals surface area contributed by atoms with Crippen LogP contribution >= 0.6 is 22.7 Å². The lowest BCUT2D eigenvalue weighted by atomic mass is 10.4. The number of thiazole rings is 1. The van der Waals surface area contributed by atoms with E-state index in [0.29, 0.717) is 17.4 Å². The van der Waals surface area contributed by atoms with Crippen LogP contribution in [0, 0.1) is 6.92 Å². The maximum atomic E-state index is 11.7. The third-order valence-electron chi connectivity index (χ3n) is 2.58. The molecule has 0 atom stereocenters. The minimum absolute atomic E-state index is 0.306. The second-order valence-electron chi connectivity index (χ2n) is 4.22. The molecule has 3 aromatic heterocycles. The number of anilines is 1. The largest absolute Gasteiger partial charge is 0.332 e. The number of hydrogen-bond donors (Lipinski definition) is 2. The Morgan fingerprint density at radius 1 is 1.48 bits per heavy atom. The molecule has 21 heavy (non-hydrogen) atoms. The van der Waals surface area contributed by atoms with E-state index < -0.39 is 0 Å². The quantitative estimate of drug-likeness (QED) is 0.773. The first-order valence-electron chi connectivity index (χ1n) is 6.12. The number of urea groups is 1. The number of aryl methyl sites for hydroxylation is 1. The van der Waals surface area contributed by atoms with E-state index in [-0.39, 0.29) is 6.03 Å². The Morgan fingerprint density at radius 2 is 2.38 bits per heavy atom. The summed E-state index contributed by atoms with van der Waals surface area (Å²) in [5.41, 5.74) is 1.65. The molecular formula is C12H12N6OS2. The van der Waals surface area contributed by atoms with Crippen molar-refractivity contribution in [3.8, 4) is 5.69 Å². The summed E-state index contributed by atoms with van der Waals surface area (Å²) >= 11 is 3.02. The average molecular weight is 320 g/mol. The SMILES string of the molecule is Cc1cnc(NC(=O)NCc2cn(-c3ccsc3)nn2)s1. The zero-order valence-electron chi connectivity index (χ0n) is 11.1. The van der Waals surface area contributed by atoms with Gasteiger partial charge in [0.2, 0.25) is 0 Å². The maximum Gasteiger partial charge on any atom is 0.321 e. The van der Waals surface area contributed by atoms with Gasteiger partial charge in [0.15, 0.2) is 5.13 Å². The molecule has 2 amide bonds. The summed E-state index contributed by atoms with van der Waals surface area (Å²) in [6, 6.07) is 1.64. The van der Waals surface area contributed by atoms with Crippen molar-refractivity contribution in [3.05, 3.63) is 39.8 Å². The normalized spacial score (nSPS) is 10.5. The summed E-state index contributed by atoms with van der Waals surface area (Å²) in [4.78, 5) is 16.8. The molecule has 0 saturated carbocycles. The van der Waals surface area contributed by atoms with E-state index >= 15 is 0 Å². The second-order valence-corrected chi connectivity index (χ2v) is 6.23. The zero-order valence-corrected chi connectivity index (χ0v) is 12.7. The lowest BCUT2D eigenvalue weighted by Crippen LogP contribution is -2.28. The number of nitrogens with one attached hydrogen (secondary N) is 2. The van der Waals surface area contributed by atoms with Crippen LogP contribution in [0.3, 0.4) is 0 Å². The van der Waals surface area contributed by atoms with Crippen LogP contribution in [-0.2, 0) is 6.54 Å². The maximum absolute atomic E-state index is 11.7. The summed E-state index contributed by atoms with van der Waals surface area (Å²) in [5.74, 6) is 0. The van der Waals surface area contributed by atoms with Gasteiger partial charge in [0.25, 0.3) is 0 Å². The molecule has 0 aliphatic carbocycles. The third-order valence-corrected chi connectivity index (χ3v) is 4.08. The fraction of sp³-hybridized carbons (Fsp3) is 0.167. The molecule has 3 heterocycles. The lowest BCUT2D eigenvalue weighted by molar-refractivity contribution is 0.251. The van der Waals surface area contributed by atoms with Gasteiger partial charge in [0, 0.05) is 16.5 Å². The van der Waals surface area contributed by atoms with Crippen molar-refractivity contribution in [2.75, 3.05) is 5.32 Å². The molecule has 3 aromatic rings. The average Bonchev–Trinajstić information content (AvgIpc) is 3.17. The summed E-state index contributed by atoms with van der Waals surface area (Å²) in [6.07, 6.45) is 3.50. The smallest absolute Gasteiger partial charge is 0.321 e. The first-order chi connectivity index (χ1) is 10.2. The minimum Gasteiger partial charge on any atom is -0.332 e. The molecule has 0 unspecified atom stereocenters. The van der Waals surface area contributed by atoms with Crippen molar-refractivity contribution < 1.29 is 4.79 Å². The molecule has 0 fully saturated rings. The highest BCUT2D eigenvalue weighted by Gasteiger charge is 2.07. The highest BCUT2D eigenvalue weighted by molar-refractivity contribution is 7.15. The van der Waals surface area contributed by atoms with Gasteiger partial charge < -0.3 is 5.32 Å². The number of hydrogen-bond acceptors (Lipinski definition) is 6. The van der Waals surface area contributed by atoms with Gasteiger partial charge in [-0.2, -0.15) is 11.3 Å². The fourth-order valence-corrected chi connectivity index (χ4v) is 2.90. The summed E-state index contributed by atoms with van der Waals surface area (Å²) in [6.45, 7) is 2.24. The van der Waals surface area contributed by atoms with Gasteiger partial charge in [0.05, 0.1) is 18.4 Å². The monoisotopic (exact) mass is 320 g/mol. The molecule has 0 saturated heterocycles. The first-order valence-corrected chi connectivity index (χ1v) is 7.88. The summed E-state index contributed by atoms with van der Waals surface area (Å²) in [7, 11) is 0. The van der Waals surface area contributed by atoms with Gasteiger partial charge in [0.1, 0.15) is 5.69 Å². The fourth-order valence-electron chi connectivity index (χ4n) is 1.62. The molecule has 3 rings (SSSR count). The summed E-state index contributed by atoms with van der Waals surface area (Å²) < 4.78 is 1.68. The van der Waals surface area contributed by atoms with E-state index in [0.717, 1.165) is 10.6 Å². The van der Waals surface area contributed by atoms with E-state index in [2.05, 4.69) is 25.9 Å². The molecule has 0 spiro atoms. The van der Waals surface area contributed by atoms with Gasteiger partial charge in [-0.25, -0.2) is 14.5 Å². The van der Waals surface area contributed by atoms with Crippen LogP contribution in [0.1, 0.15) is 10.6 Å². The molecule has 0 aliphatic rings. The van der Waals surface area contributed by atoms with Crippen LogP contribution in [0.4, 0.5) is 9.93 Å². The van der Waals surface area contributed by atoms with Crippen LogP contribution in [0.2, 0.25) is 0 Å². The standard InChI is InChI=1S/C12H12N6OS2/c1-8-4-14-12(21-8)15-11(19)13-5-9-6-18(17-16-9)10-2-3-20-7-10/h2-4,6-7H,5H2,1H3,(H2,13,14,15,19). The highest BCUT2D eigenvalue weighted by Crippen LogP contribution is 2.16. The molecule has 108 valence electrons. The predicted octanol–water partition coefficient (Wildman–Crippen LogP) is 2.42. The Balaban J connectivity index is 1.54. The highest BCUT2D eigenvalue weighted by atomic mass is 32.1. The van der Waals surface area contributed by atoms with E-state index in [9.17, 15) is 4.79 Å². The van der Waals surface area contributed by atoms with Crippen molar-refractivity contribution in [3.63, 3.8) is 0 Å². The van der Waals surface area contributed by atoms with Crippen molar-refractivity contribution in [2.24, 2.45) is 0 Å². The number of aromatic nitrogens is 4. The Labute approximate surface area is 128 Å². The first kappa shape index (κ1) is 13.7. The van der Waals surface area contributed by atoms with Gasteiger partial charge >= 0.3 is 6.03 Å².